The Labute approximate surface area is 102 Å². The molecule has 0 unspecified atom stereocenters. The number of aromatic nitrogens is 4. The first-order valence-electron chi connectivity index (χ1n) is 5.17. The first kappa shape index (κ1) is 11.8. The molecular formula is C10H12N6O2. The number of carbonyl (C=O) groups excluding carboxylic acids is 2. The van der Waals surface area contributed by atoms with E-state index in [0.717, 1.165) is 16.3 Å². The molecule has 0 spiro atoms. The van der Waals surface area contributed by atoms with Gasteiger partial charge >= 0.3 is 11.8 Å². The number of hydrogen-bond acceptors (Lipinski definition) is 4. The zero-order chi connectivity index (χ0) is 13.3. The first-order chi connectivity index (χ1) is 8.49. The summed E-state index contributed by atoms with van der Waals surface area (Å²) in [7, 11) is 0. The summed E-state index contributed by atoms with van der Waals surface area (Å²) >= 11 is 0. The highest BCUT2D eigenvalue weighted by Gasteiger charge is 2.26. The van der Waals surface area contributed by atoms with Crippen LogP contribution in [0.25, 0.3) is 0 Å². The summed E-state index contributed by atoms with van der Waals surface area (Å²) in [6, 6.07) is 3.23. The van der Waals surface area contributed by atoms with Crippen molar-refractivity contribution in [3.8, 4) is 0 Å². The summed E-state index contributed by atoms with van der Waals surface area (Å²) in [6.45, 7) is 3.55. The Morgan fingerprint density at radius 2 is 1.56 bits per heavy atom. The van der Waals surface area contributed by atoms with Crippen LogP contribution in [0.2, 0.25) is 0 Å². The third kappa shape index (κ3) is 2.08. The lowest BCUT2D eigenvalue weighted by molar-refractivity contribution is -0.135. The molecule has 2 heterocycles. The van der Waals surface area contributed by atoms with Gasteiger partial charge < -0.3 is 5.73 Å². The zero-order valence-corrected chi connectivity index (χ0v) is 9.89. The molecule has 2 aromatic rings. The Kier molecular flexibility index (Phi) is 2.84. The van der Waals surface area contributed by atoms with Crippen LogP contribution in [0.15, 0.2) is 12.1 Å². The number of nitrogens with one attached hydrogen (secondary N) is 2. The molecule has 8 heteroatoms. The summed E-state index contributed by atoms with van der Waals surface area (Å²) in [5.41, 5.74) is 6.52. The Bertz CT molecular complexity index is 559. The minimum absolute atomic E-state index is 0.266. The Balaban J connectivity index is 2.47. The minimum Gasteiger partial charge on any atom is -0.361 e. The van der Waals surface area contributed by atoms with Crippen LogP contribution in [-0.4, -0.2) is 32.2 Å². The van der Waals surface area contributed by atoms with E-state index in [0.29, 0.717) is 0 Å². The quantitative estimate of drug-likeness (QED) is 0.642. The van der Waals surface area contributed by atoms with Gasteiger partial charge in [0.1, 0.15) is 0 Å². The molecule has 2 aromatic heterocycles. The van der Waals surface area contributed by atoms with E-state index in [2.05, 4.69) is 20.4 Å². The molecule has 0 aromatic carbocycles. The highest BCUT2D eigenvalue weighted by atomic mass is 16.2. The fourth-order valence-electron chi connectivity index (χ4n) is 1.47. The highest BCUT2D eigenvalue weighted by molar-refractivity contribution is 6.41. The first-order valence-corrected chi connectivity index (χ1v) is 5.17. The molecule has 18 heavy (non-hydrogen) atoms. The lowest BCUT2D eigenvalue weighted by atomic mass is 10.3. The van der Waals surface area contributed by atoms with Crippen LogP contribution >= 0.6 is 0 Å². The number of aryl methyl sites for hydroxylation is 2. The molecule has 0 bridgehead atoms. The Morgan fingerprint density at radius 3 is 1.83 bits per heavy atom. The van der Waals surface area contributed by atoms with E-state index in [4.69, 9.17) is 5.73 Å². The fraction of sp³-hybridized carbons (Fsp3) is 0.200. The maximum Gasteiger partial charge on any atom is 0.323 e. The van der Waals surface area contributed by atoms with Crippen molar-refractivity contribution in [3.63, 3.8) is 0 Å². The second-order valence-corrected chi connectivity index (χ2v) is 3.82. The molecule has 0 saturated carbocycles. The maximum absolute atomic E-state index is 11.8. The monoisotopic (exact) mass is 248 g/mol. The maximum atomic E-state index is 11.8. The second kappa shape index (κ2) is 4.32. The molecule has 2 amide bonds. The summed E-state index contributed by atoms with van der Waals surface area (Å²) < 4.78 is 0. The van der Waals surface area contributed by atoms with Crippen molar-refractivity contribution in [2.75, 3.05) is 4.90 Å². The Morgan fingerprint density at radius 1 is 1.11 bits per heavy atom. The smallest absolute Gasteiger partial charge is 0.323 e. The number of aromatic amines is 2. The number of nitrogens with zero attached hydrogens (tertiary/aromatic N) is 3. The molecule has 2 rings (SSSR count). The number of hydrogen-bond donors (Lipinski definition) is 3. The predicted molar refractivity (Wildman–Crippen MR) is 63.0 cm³/mol. The summed E-state index contributed by atoms with van der Waals surface area (Å²) in [5.74, 6) is -1.44. The van der Waals surface area contributed by atoms with E-state index in [1.54, 1.807) is 26.0 Å². The van der Waals surface area contributed by atoms with Gasteiger partial charge in [-0.05, 0) is 13.8 Å². The van der Waals surface area contributed by atoms with Gasteiger partial charge in [-0.3, -0.25) is 19.8 Å². The molecule has 0 aliphatic heterocycles. The number of carbonyl (C=O) groups is 2. The normalized spacial score (nSPS) is 10.3. The Hall–Kier alpha value is -2.64. The van der Waals surface area contributed by atoms with Gasteiger partial charge in [0.05, 0.1) is 0 Å². The molecule has 0 aliphatic carbocycles. The van der Waals surface area contributed by atoms with Gasteiger partial charge in [0.15, 0.2) is 11.6 Å². The lowest BCUT2D eigenvalue weighted by Gasteiger charge is -2.14. The van der Waals surface area contributed by atoms with Crippen molar-refractivity contribution in [2.24, 2.45) is 5.73 Å². The van der Waals surface area contributed by atoms with Crippen LogP contribution in [0.1, 0.15) is 11.4 Å². The molecule has 0 fully saturated rings. The molecule has 0 atom stereocenters. The molecule has 0 radical (unpaired) electrons. The van der Waals surface area contributed by atoms with E-state index >= 15 is 0 Å². The largest absolute Gasteiger partial charge is 0.361 e. The molecular weight excluding hydrogens is 236 g/mol. The van der Waals surface area contributed by atoms with Gasteiger partial charge in [0, 0.05) is 23.5 Å². The summed E-state index contributed by atoms with van der Waals surface area (Å²) in [6.07, 6.45) is 0. The van der Waals surface area contributed by atoms with Gasteiger partial charge in [-0.25, -0.2) is 4.90 Å². The van der Waals surface area contributed by atoms with E-state index in [9.17, 15) is 9.59 Å². The van der Waals surface area contributed by atoms with Gasteiger partial charge in [0.25, 0.3) is 0 Å². The van der Waals surface area contributed by atoms with Crippen LogP contribution in [0.3, 0.4) is 0 Å². The van der Waals surface area contributed by atoms with Gasteiger partial charge in [-0.15, -0.1) is 0 Å². The van der Waals surface area contributed by atoms with Gasteiger partial charge in [-0.1, -0.05) is 0 Å². The van der Waals surface area contributed by atoms with Crippen molar-refractivity contribution < 1.29 is 9.59 Å². The predicted octanol–water partition coefficient (Wildman–Crippen LogP) is -0.100. The molecule has 0 aliphatic rings. The standard InChI is InChI=1S/C10H12N6O2/c1-5-3-7(14-12-5)16(10(18)9(11)17)8-4-6(2)13-15-8/h3-4H,1-2H3,(H2,11,17)(H,12,14)(H,13,15). The number of nitrogens with two attached hydrogens (primary N) is 1. The van der Waals surface area contributed by atoms with E-state index in [1.807, 2.05) is 0 Å². The van der Waals surface area contributed by atoms with Crippen molar-refractivity contribution in [1.29, 1.82) is 0 Å². The molecule has 4 N–H and O–H groups in total. The second-order valence-electron chi connectivity index (χ2n) is 3.82. The topological polar surface area (TPSA) is 121 Å². The SMILES string of the molecule is Cc1cc(N(C(=O)C(N)=O)c2cc(C)[nH]n2)n[nH]1. The zero-order valence-electron chi connectivity index (χ0n) is 9.89. The fourth-order valence-corrected chi connectivity index (χ4v) is 1.47. The van der Waals surface area contributed by atoms with Gasteiger partial charge in [0.2, 0.25) is 0 Å². The number of amides is 2. The third-order valence-corrected chi connectivity index (χ3v) is 2.26. The van der Waals surface area contributed by atoms with Crippen molar-refractivity contribution in [3.05, 3.63) is 23.5 Å². The van der Waals surface area contributed by atoms with Gasteiger partial charge in [-0.2, -0.15) is 10.2 Å². The van der Waals surface area contributed by atoms with E-state index < -0.39 is 11.8 Å². The van der Waals surface area contributed by atoms with E-state index in [1.165, 1.54) is 0 Å². The summed E-state index contributed by atoms with van der Waals surface area (Å²) in [5, 5.41) is 13.2. The van der Waals surface area contributed by atoms with E-state index in [-0.39, 0.29) is 11.6 Å². The molecule has 0 saturated heterocycles. The number of anilines is 2. The lowest BCUT2D eigenvalue weighted by Crippen LogP contribution is -2.37. The minimum atomic E-state index is -1.07. The van der Waals surface area contributed by atoms with Crippen LogP contribution in [0.4, 0.5) is 11.6 Å². The van der Waals surface area contributed by atoms with Crippen molar-refractivity contribution in [2.45, 2.75) is 13.8 Å². The van der Waals surface area contributed by atoms with Crippen molar-refractivity contribution >= 4 is 23.5 Å². The number of primary amides is 1. The highest BCUT2D eigenvalue weighted by Crippen LogP contribution is 2.22. The van der Waals surface area contributed by atoms with Crippen LogP contribution < -0.4 is 10.6 Å². The average Bonchev–Trinajstić information content (AvgIpc) is 2.89. The van der Waals surface area contributed by atoms with Crippen LogP contribution in [0, 0.1) is 13.8 Å². The average molecular weight is 248 g/mol. The molecule has 94 valence electrons. The van der Waals surface area contributed by atoms with Crippen LogP contribution in [0.5, 0.6) is 0 Å². The van der Waals surface area contributed by atoms with Crippen molar-refractivity contribution in [1.82, 2.24) is 20.4 Å². The van der Waals surface area contributed by atoms with Crippen LogP contribution in [-0.2, 0) is 9.59 Å². The number of rotatable bonds is 2. The summed E-state index contributed by atoms with van der Waals surface area (Å²) in [4.78, 5) is 23.9. The third-order valence-electron chi connectivity index (χ3n) is 2.26. The number of H-pyrrole nitrogens is 2. The molecule has 8 nitrogen and oxygen atoms in total.